The molecule has 0 N–H and O–H groups in total. The largest absolute Gasteiger partial charge is 0.354 e. The molecule has 0 amide bonds. The van der Waals surface area contributed by atoms with Gasteiger partial charge in [-0.05, 0) is 49.9 Å². The highest BCUT2D eigenvalue weighted by Crippen LogP contribution is 2.24. The summed E-state index contributed by atoms with van der Waals surface area (Å²) >= 11 is 0. The van der Waals surface area contributed by atoms with Crippen LogP contribution in [0.1, 0.15) is 24.8 Å². The van der Waals surface area contributed by atoms with Crippen LogP contribution in [-0.4, -0.2) is 62.0 Å². The van der Waals surface area contributed by atoms with Gasteiger partial charge in [0.05, 0.1) is 4.90 Å². The van der Waals surface area contributed by atoms with Crippen LogP contribution in [-0.2, 0) is 10.0 Å². The van der Waals surface area contributed by atoms with Crippen molar-refractivity contribution in [1.82, 2.24) is 14.3 Å². The van der Waals surface area contributed by atoms with E-state index in [1.54, 1.807) is 13.1 Å². The highest BCUT2D eigenvalue weighted by Gasteiger charge is 2.30. The molecule has 0 spiro atoms. The molecule has 1 aromatic carbocycles. The standard InChI is InChI=1S/C20H26FN5O2S/c1-16-5-6-17(21)15-18(16)29(27,28)26-13-11-24(12-14-26)19-7-8-22-20(23-19)25-9-3-2-4-10-25/h5-8,15H,2-4,9-14H2,1H3. The fraction of sp³-hybridized carbons (Fsp3) is 0.500. The van der Waals surface area contributed by atoms with E-state index in [1.165, 1.54) is 22.9 Å². The van der Waals surface area contributed by atoms with Crippen molar-refractivity contribution in [2.45, 2.75) is 31.1 Å². The Balaban J connectivity index is 1.46. The smallest absolute Gasteiger partial charge is 0.243 e. The third-order valence-electron chi connectivity index (χ3n) is 5.60. The average Bonchev–Trinajstić information content (AvgIpc) is 2.76. The fourth-order valence-electron chi connectivity index (χ4n) is 3.91. The minimum Gasteiger partial charge on any atom is -0.354 e. The number of rotatable bonds is 4. The number of nitrogens with zero attached hydrogens (tertiary/aromatic N) is 5. The van der Waals surface area contributed by atoms with Crippen LogP contribution in [0.5, 0.6) is 0 Å². The summed E-state index contributed by atoms with van der Waals surface area (Å²) in [5.74, 6) is 1.02. The van der Waals surface area contributed by atoms with E-state index in [1.807, 2.05) is 6.07 Å². The van der Waals surface area contributed by atoms with E-state index in [9.17, 15) is 12.8 Å². The molecule has 2 fully saturated rings. The monoisotopic (exact) mass is 419 g/mol. The highest BCUT2D eigenvalue weighted by atomic mass is 32.2. The molecule has 2 aliphatic rings. The number of piperidine rings is 1. The molecule has 7 nitrogen and oxygen atoms in total. The summed E-state index contributed by atoms with van der Waals surface area (Å²) < 4.78 is 41.0. The van der Waals surface area contributed by atoms with Crippen LogP contribution < -0.4 is 9.80 Å². The van der Waals surface area contributed by atoms with Gasteiger partial charge in [0.2, 0.25) is 16.0 Å². The van der Waals surface area contributed by atoms with Gasteiger partial charge in [0.15, 0.2) is 0 Å². The van der Waals surface area contributed by atoms with E-state index >= 15 is 0 Å². The van der Waals surface area contributed by atoms with Gasteiger partial charge in [-0.25, -0.2) is 17.8 Å². The fourth-order valence-corrected chi connectivity index (χ4v) is 5.57. The van der Waals surface area contributed by atoms with Gasteiger partial charge >= 0.3 is 0 Å². The molecule has 2 saturated heterocycles. The minimum absolute atomic E-state index is 0.0420. The van der Waals surface area contributed by atoms with E-state index in [4.69, 9.17) is 4.98 Å². The number of halogens is 1. The topological polar surface area (TPSA) is 69.6 Å². The van der Waals surface area contributed by atoms with Gasteiger partial charge in [0.25, 0.3) is 0 Å². The van der Waals surface area contributed by atoms with Crippen LogP contribution in [0.4, 0.5) is 16.2 Å². The van der Waals surface area contributed by atoms with Crippen LogP contribution in [0.15, 0.2) is 35.4 Å². The Morgan fingerprint density at radius 1 is 0.931 bits per heavy atom. The molecule has 0 atom stereocenters. The number of aryl methyl sites for hydroxylation is 1. The molecule has 4 rings (SSSR count). The molecular weight excluding hydrogens is 393 g/mol. The van der Waals surface area contributed by atoms with Gasteiger partial charge in [-0.15, -0.1) is 0 Å². The lowest BCUT2D eigenvalue weighted by Crippen LogP contribution is -2.49. The third-order valence-corrected chi connectivity index (χ3v) is 7.64. The van der Waals surface area contributed by atoms with Crippen molar-refractivity contribution in [3.05, 3.63) is 41.8 Å². The predicted octanol–water partition coefficient (Wildman–Crippen LogP) is 2.43. The van der Waals surface area contributed by atoms with E-state index < -0.39 is 15.8 Å². The summed E-state index contributed by atoms with van der Waals surface area (Å²) in [6.45, 7) is 5.37. The summed E-state index contributed by atoms with van der Waals surface area (Å²) in [6, 6.07) is 5.75. The molecule has 156 valence electrons. The number of hydrogen-bond donors (Lipinski definition) is 0. The van der Waals surface area contributed by atoms with Crippen LogP contribution >= 0.6 is 0 Å². The van der Waals surface area contributed by atoms with Crippen LogP contribution in [0.2, 0.25) is 0 Å². The number of anilines is 2. The summed E-state index contributed by atoms with van der Waals surface area (Å²) in [5, 5.41) is 0. The van der Waals surface area contributed by atoms with Gasteiger partial charge < -0.3 is 9.80 Å². The maximum Gasteiger partial charge on any atom is 0.243 e. The Labute approximate surface area is 171 Å². The summed E-state index contributed by atoms with van der Waals surface area (Å²) in [6.07, 6.45) is 5.33. The normalized spacial score (nSPS) is 18.8. The first-order valence-electron chi connectivity index (χ1n) is 10.0. The molecule has 9 heteroatoms. The molecule has 0 bridgehead atoms. The lowest BCUT2D eigenvalue weighted by Gasteiger charge is -2.35. The Hall–Kier alpha value is -2.26. The molecule has 3 heterocycles. The van der Waals surface area contributed by atoms with Crippen molar-refractivity contribution in [1.29, 1.82) is 0 Å². The van der Waals surface area contributed by atoms with Gasteiger partial charge in [-0.3, -0.25) is 0 Å². The second-order valence-electron chi connectivity index (χ2n) is 7.56. The average molecular weight is 420 g/mol. The molecule has 2 aromatic rings. The SMILES string of the molecule is Cc1ccc(F)cc1S(=O)(=O)N1CCN(c2ccnc(N3CCCCC3)n2)CC1. The first kappa shape index (κ1) is 20.0. The van der Waals surface area contributed by atoms with Gasteiger partial charge in [-0.1, -0.05) is 6.07 Å². The molecule has 29 heavy (non-hydrogen) atoms. The number of sulfonamides is 1. The number of aromatic nitrogens is 2. The van der Waals surface area contributed by atoms with E-state index in [2.05, 4.69) is 14.8 Å². The van der Waals surface area contributed by atoms with Crippen molar-refractivity contribution in [3.63, 3.8) is 0 Å². The summed E-state index contributed by atoms with van der Waals surface area (Å²) in [5.41, 5.74) is 0.552. The lowest BCUT2D eigenvalue weighted by molar-refractivity contribution is 0.383. The minimum atomic E-state index is -3.72. The first-order chi connectivity index (χ1) is 13.9. The molecule has 0 unspecified atom stereocenters. The lowest BCUT2D eigenvalue weighted by atomic mass is 10.1. The second-order valence-corrected chi connectivity index (χ2v) is 9.47. The summed E-state index contributed by atoms with van der Waals surface area (Å²) in [7, 11) is -3.72. The van der Waals surface area contributed by atoms with Crippen molar-refractivity contribution in [2.24, 2.45) is 0 Å². The zero-order valence-corrected chi connectivity index (χ0v) is 17.4. The van der Waals surface area contributed by atoms with E-state index in [0.717, 1.165) is 43.8 Å². The quantitative estimate of drug-likeness (QED) is 0.758. The van der Waals surface area contributed by atoms with E-state index in [0.29, 0.717) is 31.7 Å². The zero-order valence-electron chi connectivity index (χ0n) is 16.6. The second kappa shape index (κ2) is 8.23. The van der Waals surface area contributed by atoms with Crippen molar-refractivity contribution >= 4 is 21.8 Å². The van der Waals surface area contributed by atoms with Crippen molar-refractivity contribution in [3.8, 4) is 0 Å². The van der Waals surface area contributed by atoms with E-state index in [-0.39, 0.29) is 4.90 Å². The Bertz CT molecular complexity index is 971. The highest BCUT2D eigenvalue weighted by molar-refractivity contribution is 7.89. The predicted molar refractivity (Wildman–Crippen MR) is 110 cm³/mol. The number of piperazine rings is 1. The maximum atomic E-state index is 13.6. The number of benzene rings is 1. The van der Waals surface area contributed by atoms with Gasteiger partial charge in [-0.2, -0.15) is 9.29 Å². The van der Waals surface area contributed by atoms with Crippen LogP contribution in [0, 0.1) is 12.7 Å². The Morgan fingerprint density at radius 2 is 1.66 bits per heavy atom. The molecule has 0 saturated carbocycles. The van der Waals surface area contributed by atoms with Crippen molar-refractivity contribution in [2.75, 3.05) is 49.1 Å². The third kappa shape index (κ3) is 4.20. The number of hydrogen-bond acceptors (Lipinski definition) is 6. The molecule has 0 radical (unpaired) electrons. The molecule has 2 aliphatic heterocycles. The van der Waals surface area contributed by atoms with Crippen molar-refractivity contribution < 1.29 is 12.8 Å². The zero-order chi connectivity index (χ0) is 20.4. The maximum absolute atomic E-state index is 13.6. The van der Waals surface area contributed by atoms with Crippen LogP contribution in [0.25, 0.3) is 0 Å². The first-order valence-corrected chi connectivity index (χ1v) is 11.5. The Morgan fingerprint density at radius 3 is 2.38 bits per heavy atom. The molecular formula is C20H26FN5O2S. The Kier molecular flexibility index (Phi) is 5.69. The summed E-state index contributed by atoms with van der Waals surface area (Å²) in [4.78, 5) is 13.5. The van der Waals surface area contributed by atoms with Gasteiger partial charge in [0, 0.05) is 45.5 Å². The van der Waals surface area contributed by atoms with Crippen LogP contribution in [0.3, 0.4) is 0 Å². The molecule has 0 aliphatic carbocycles. The van der Waals surface area contributed by atoms with Gasteiger partial charge in [0.1, 0.15) is 11.6 Å². The molecule has 1 aromatic heterocycles.